The van der Waals surface area contributed by atoms with Crippen LogP contribution in [0.2, 0.25) is 10.0 Å². The van der Waals surface area contributed by atoms with Gasteiger partial charge in [-0.2, -0.15) is 0 Å². The quantitative estimate of drug-likeness (QED) is 0.802. The lowest BCUT2D eigenvalue weighted by Crippen LogP contribution is -2.36. The first-order valence-corrected chi connectivity index (χ1v) is 8.92. The highest BCUT2D eigenvalue weighted by molar-refractivity contribution is 6.35. The second-order valence-electron chi connectivity index (χ2n) is 6.09. The maximum absolute atomic E-state index is 12.6. The van der Waals surface area contributed by atoms with Crippen molar-refractivity contribution in [3.63, 3.8) is 0 Å². The molecule has 1 amide bonds. The molecule has 1 fully saturated rings. The Balaban J connectivity index is 1.65. The second-order valence-corrected chi connectivity index (χ2v) is 6.96. The van der Waals surface area contributed by atoms with Crippen molar-refractivity contribution < 1.29 is 9.53 Å². The number of nitrogens with zero attached hydrogens (tertiary/aromatic N) is 2. The van der Waals surface area contributed by atoms with Crippen molar-refractivity contribution in [2.24, 2.45) is 0 Å². The summed E-state index contributed by atoms with van der Waals surface area (Å²) >= 11 is 12.0. The molecule has 1 heterocycles. The van der Waals surface area contributed by atoms with Crippen LogP contribution in [0.5, 0.6) is 0 Å². The first kappa shape index (κ1) is 18.1. The summed E-state index contributed by atoms with van der Waals surface area (Å²) < 4.78 is 5.38. The van der Waals surface area contributed by atoms with E-state index in [0.29, 0.717) is 22.2 Å². The summed E-state index contributed by atoms with van der Waals surface area (Å²) in [7, 11) is 1.77. The van der Waals surface area contributed by atoms with Crippen molar-refractivity contribution in [2.75, 3.05) is 38.3 Å². The van der Waals surface area contributed by atoms with Crippen LogP contribution >= 0.6 is 23.2 Å². The highest BCUT2D eigenvalue weighted by Gasteiger charge is 2.15. The van der Waals surface area contributed by atoms with Gasteiger partial charge in [0.15, 0.2) is 0 Å². The van der Waals surface area contributed by atoms with Gasteiger partial charge in [-0.25, -0.2) is 0 Å². The van der Waals surface area contributed by atoms with E-state index in [1.54, 1.807) is 30.1 Å². The normalized spacial score (nSPS) is 14.4. The number of amides is 1. The molecule has 0 radical (unpaired) electrons. The third kappa shape index (κ3) is 4.66. The van der Waals surface area contributed by atoms with E-state index >= 15 is 0 Å². The molecule has 0 aromatic heterocycles. The Morgan fingerprint density at radius 1 is 1.08 bits per heavy atom. The summed E-state index contributed by atoms with van der Waals surface area (Å²) in [6.07, 6.45) is 0. The molecule has 4 nitrogen and oxygen atoms in total. The summed E-state index contributed by atoms with van der Waals surface area (Å²) in [6.45, 7) is 3.87. The van der Waals surface area contributed by atoms with Gasteiger partial charge in [-0.15, -0.1) is 0 Å². The van der Waals surface area contributed by atoms with Crippen LogP contribution in [0.1, 0.15) is 15.9 Å². The summed E-state index contributed by atoms with van der Waals surface area (Å²) in [5.41, 5.74) is 2.74. The van der Waals surface area contributed by atoms with Crippen molar-refractivity contribution in [1.29, 1.82) is 0 Å². The Bertz CT molecular complexity index is 723. The molecule has 132 valence electrons. The lowest BCUT2D eigenvalue weighted by atomic mass is 10.1. The molecule has 0 spiro atoms. The minimum atomic E-state index is -0.110. The van der Waals surface area contributed by atoms with E-state index < -0.39 is 0 Å². The number of carbonyl (C=O) groups excluding carboxylic acids is 1. The standard InChI is InChI=1S/C19H20Cl2N2O2/c1-22(19(24)15-10-16(20)12-17(21)11-15)13-14-2-4-18(5-3-14)23-6-8-25-9-7-23/h2-5,10-12H,6-9,13H2,1H3. The Morgan fingerprint density at radius 2 is 1.68 bits per heavy atom. The molecule has 0 bridgehead atoms. The number of hydrogen-bond donors (Lipinski definition) is 0. The molecule has 0 saturated carbocycles. The van der Waals surface area contributed by atoms with E-state index in [1.807, 2.05) is 0 Å². The van der Waals surface area contributed by atoms with Crippen LogP contribution < -0.4 is 4.90 Å². The van der Waals surface area contributed by atoms with Gasteiger partial charge in [-0.05, 0) is 35.9 Å². The molecule has 3 rings (SSSR count). The van der Waals surface area contributed by atoms with Crippen LogP contribution in [-0.2, 0) is 11.3 Å². The van der Waals surface area contributed by atoms with E-state index in [0.717, 1.165) is 31.9 Å². The fourth-order valence-corrected chi connectivity index (χ4v) is 3.40. The third-order valence-corrected chi connectivity index (χ3v) is 4.62. The molecule has 0 N–H and O–H groups in total. The highest BCUT2D eigenvalue weighted by Crippen LogP contribution is 2.21. The second kappa shape index (κ2) is 8.09. The first-order valence-electron chi connectivity index (χ1n) is 8.16. The van der Waals surface area contributed by atoms with Gasteiger partial charge in [-0.3, -0.25) is 4.79 Å². The molecule has 25 heavy (non-hydrogen) atoms. The zero-order valence-electron chi connectivity index (χ0n) is 14.0. The lowest BCUT2D eigenvalue weighted by Gasteiger charge is -2.29. The number of carbonyl (C=O) groups is 1. The van der Waals surface area contributed by atoms with Gasteiger partial charge < -0.3 is 14.5 Å². The fraction of sp³-hybridized carbons (Fsp3) is 0.316. The lowest BCUT2D eigenvalue weighted by molar-refractivity contribution is 0.0785. The number of benzene rings is 2. The fourth-order valence-electron chi connectivity index (χ4n) is 2.88. The summed E-state index contributed by atoms with van der Waals surface area (Å²) in [5.74, 6) is -0.110. The predicted octanol–water partition coefficient (Wildman–Crippen LogP) is 4.10. The van der Waals surface area contributed by atoms with E-state index in [2.05, 4.69) is 29.2 Å². The monoisotopic (exact) mass is 378 g/mol. The van der Waals surface area contributed by atoms with Crippen molar-refractivity contribution in [3.05, 3.63) is 63.6 Å². The van der Waals surface area contributed by atoms with Crippen LogP contribution in [0.4, 0.5) is 5.69 Å². The van der Waals surface area contributed by atoms with E-state index in [9.17, 15) is 4.79 Å². The summed E-state index contributed by atoms with van der Waals surface area (Å²) in [5, 5.41) is 0.915. The minimum absolute atomic E-state index is 0.110. The minimum Gasteiger partial charge on any atom is -0.378 e. The van der Waals surface area contributed by atoms with E-state index in [-0.39, 0.29) is 5.91 Å². The Kier molecular flexibility index (Phi) is 5.84. The number of hydrogen-bond acceptors (Lipinski definition) is 3. The largest absolute Gasteiger partial charge is 0.378 e. The van der Waals surface area contributed by atoms with Gasteiger partial charge in [0, 0.05) is 48.0 Å². The van der Waals surface area contributed by atoms with Crippen molar-refractivity contribution in [1.82, 2.24) is 4.90 Å². The Hall–Kier alpha value is -1.75. The molecular formula is C19H20Cl2N2O2. The molecule has 0 aliphatic carbocycles. The third-order valence-electron chi connectivity index (χ3n) is 4.19. The van der Waals surface area contributed by atoms with Gasteiger partial charge in [0.2, 0.25) is 0 Å². The van der Waals surface area contributed by atoms with Crippen LogP contribution in [0.25, 0.3) is 0 Å². The average Bonchev–Trinajstić information content (AvgIpc) is 2.61. The zero-order chi connectivity index (χ0) is 17.8. The Morgan fingerprint density at radius 3 is 2.28 bits per heavy atom. The van der Waals surface area contributed by atoms with Gasteiger partial charge in [-0.1, -0.05) is 35.3 Å². The number of ether oxygens (including phenoxy) is 1. The number of anilines is 1. The maximum atomic E-state index is 12.6. The molecule has 2 aromatic carbocycles. The number of halogens is 2. The molecule has 1 aliphatic rings. The molecule has 1 aliphatic heterocycles. The van der Waals surface area contributed by atoms with E-state index in [1.165, 1.54) is 5.69 Å². The van der Waals surface area contributed by atoms with Crippen molar-refractivity contribution in [3.8, 4) is 0 Å². The SMILES string of the molecule is CN(Cc1ccc(N2CCOCC2)cc1)C(=O)c1cc(Cl)cc(Cl)c1. The van der Waals surface area contributed by atoms with Gasteiger partial charge in [0.05, 0.1) is 13.2 Å². The molecule has 2 aromatic rings. The van der Waals surface area contributed by atoms with E-state index in [4.69, 9.17) is 27.9 Å². The first-order chi connectivity index (χ1) is 12.0. The number of morpholine rings is 1. The van der Waals surface area contributed by atoms with Crippen LogP contribution in [0.15, 0.2) is 42.5 Å². The molecule has 1 saturated heterocycles. The topological polar surface area (TPSA) is 32.8 Å². The zero-order valence-corrected chi connectivity index (χ0v) is 15.6. The molecule has 6 heteroatoms. The van der Waals surface area contributed by atoms with Crippen molar-refractivity contribution >= 4 is 34.8 Å². The van der Waals surface area contributed by atoms with Crippen LogP contribution in [0.3, 0.4) is 0 Å². The Labute approximate surface area is 157 Å². The van der Waals surface area contributed by atoms with Crippen LogP contribution in [0, 0.1) is 0 Å². The summed E-state index contributed by atoms with van der Waals surface area (Å²) in [6, 6.07) is 13.2. The number of rotatable bonds is 4. The average molecular weight is 379 g/mol. The van der Waals surface area contributed by atoms with Gasteiger partial charge in [0.1, 0.15) is 0 Å². The smallest absolute Gasteiger partial charge is 0.253 e. The summed E-state index contributed by atoms with van der Waals surface area (Å²) in [4.78, 5) is 16.5. The van der Waals surface area contributed by atoms with Gasteiger partial charge in [0.25, 0.3) is 5.91 Å². The van der Waals surface area contributed by atoms with Gasteiger partial charge >= 0.3 is 0 Å². The predicted molar refractivity (Wildman–Crippen MR) is 102 cm³/mol. The highest BCUT2D eigenvalue weighted by atomic mass is 35.5. The van der Waals surface area contributed by atoms with Crippen LogP contribution in [-0.4, -0.2) is 44.2 Å². The maximum Gasteiger partial charge on any atom is 0.253 e. The molecule has 0 unspecified atom stereocenters. The molecule has 0 atom stereocenters. The molecular weight excluding hydrogens is 359 g/mol. The van der Waals surface area contributed by atoms with Crippen molar-refractivity contribution in [2.45, 2.75) is 6.54 Å².